The number of fused-ring (bicyclic) bond motifs is 6. The number of benzene rings is 8. The minimum Gasteiger partial charge on any atom is -0.456 e. The molecule has 0 bridgehead atoms. The first-order valence-electron chi connectivity index (χ1n) is 20.6. The fourth-order valence-electron chi connectivity index (χ4n) is 8.61. The molecule has 0 aliphatic heterocycles. The van der Waals surface area contributed by atoms with E-state index in [0.29, 0.717) is 11.6 Å². The molecule has 12 rings (SSSR count). The van der Waals surface area contributed by atoms with Crippen molar-refractivity contribution in [3.8, 4) is 78.7 Å². The molecule has 290 valence electrons. The lowest BCUT2D eigenvalue weighted by Crippen LogP contribution is -1.96. The summed E-state index contributed by atoms with van der Waals surface area (Å²) in [5, 5.41) is 4.35. The highest BCUT2D eigenvalue weighted by molar-refractivity contribution is 6.21. The van der Waals surface area contributed by atoms with Gasteiger partial charge in [0.2, 0.25) is 0 Å². The number of aromatic nitrogens is 4. The van der Waals surface area contributed by atoms with E-state index in [9.17, 15) is 0 Å². The second kappa shape index (κ2) is 14.7. The Morgan fingerprint density at radius 2 is 0.806 bits per heavy atom. The van der Waals surface area contributed by atoms with Crippen molar-refractivity contribution in [1.29, 1.82) is 0 Å². The van der Waals surface area contributed by atoms with Gasteiger partial charge < -0.3 is 8.83 Å². The lowest BCUT2D eigenvalue weighted by atomic mass is 9.92. The molecule has 0 fully saturated rings. The van der Waals surface area contributed by atoms with Crippen LogP contribution in [-0.2, 0) is 0 Å². The Morgan fingerprint density at radius 3 is 1.50 bits per heavy atom. The first-order chi connectivity index (χ1) is 30.7. The van der Waals surface area contributed by atoms with E-state index in [0.717, 1.165) is 111 Å². The monoisotopic (exact) mass is 794 g/mol. The van der Waals surface area contributed by atoms with E-state index in [2.05, 4.69) is 113 Å². The lowest BCUT2D eigenvalue weighted by Gasteiger charge is -2.12. The molecule has 6 heteroatoms. The van der Waals surface area contributed by atoms with Crippen LogP contribution in [0, 0.1) is 0 Å². The number of hydrogen-bond acceptors (Lipinski definition) is 6. The molecule has 12 aromatic rings. The van der Waals surface area contributed by atoms with Crippen LogP contribution in [0.15, 0.2) is 215 Å². The van der Waals surface area contributed by atoms with E-state index in [-0.39, 0.29) is 0 Å². The van der Waals surface area contributed by atoms with Gasteiger partial charge in [-0.05, 0) is 52.6 Å². The summed E-state index contributed by atoms with van der Waals surface area (Å²) >= 11 is 0. The van der Waals surface area contributed by atoms with Gasteiger partial charge in [0.05, 0.1) is 11.4 Å². The average molecular weight is 795 g/mol. The predicted molar refractivity (Wildman–Crippen MR) is 250 cm³/mol. The maximum Gasteiger partial charge on any atom is 0.160 e. The van der Waals surface area contributed by atoms with Crippen LogP contribution in [0.2, 0.25) is 0 Å². The first-order valence-corrected chi connectivity index (χ1v) is 20.6. The fourth-order valence-corrected chi connectivity index (χ4v) is 8.61. The molecule has 0 unspecified atom stereocenters. The highest BCUT2D eigenvalue weighted by atomic mass is 16.3. The molecule has 0 saturated carbocycles. The van der Waals surface area contributed by atoms with E-state index in [1.54, 1.807) is 0 Å². The van der Waals surface area contributed by atoms with Gasteiger partial charge in [-0.15, -0.1) is 0 Å². The molecule has 0 atom stereocenters. The highest BCUT2D eigenvalue weighted by Crippen LogP contribution is 2.45. The lowest BCUT2D eigenvalue weighted by molar-refractivity contribution is 0.668. The largest absolute Gasteiger partial charge is 0.456 e. The van der Waals surface area contributed by atoms with Gasteiger partial charge in [-0.2, -0.15) is 0 Å². The SMILES string of the molecule is c1ccc(-c2cnc(-c3ccc(-c4nc(-c5ccccc5)cc(-c5ccc(-c6ccc(-c7cccc8oc9ccccc9c78)c7c6oc6ccccc67)cc5)n4)cc3)nc2)cc1. The van der Waals surface area contributed by atoms with Crippen LogP contribution in [0.4, 0.5) is 0 Å². The maximum atomic E-state index is 6.73. The standard InChI is InChI=1S/C56H34N4O2/c1-3-12-35(13-4-1)41-33-57-55(58-34-41)39-26-28-40(29-27-39)56-59-47(37-14-5-2-6-15-37)32-48(60-56)38-24-22-36(23-25-38)42-30-31-44(53-46-17-8-10-20-50(46)62-54(42)53)43-18-11-21-51-52(43)45-16-7-9-19-49(45)61-51/h1-34H. The quantitative estimate of drug-likeness (QED) is 0.160. The molecule has 4 aromatic heterocycles. The Morgan fingerprint density at radius 1 is 0.306 bits per heavy atom. The Kier molecular flexibility index (Phi) is 8.38. The van der Waals surface area contributed by atoms with Gasteiger partial charge in [-0.25, -0.2) is 19.9 Å². The summed E-state index contributed by atoms with van der Waals surface area (Å²) in [5.74, 6) is 1.30. The number of furan rings is 2. The number of para-hydroxylation sites is 2. The van der Waals surface area contributed by atoms with E-state index in [4.69, 9.17) is 18.8 Å². The van der Waals surface area contributed by atoms with Gasteiger partial charge in [-0.3, -0.25) is 0 Å². The second-order valence-corrected chi connectivity index (χ2v) is 15.4. The number of nitrogens with zero attached hydrogens (tertiary/aromatic N) is 4. The molecule has 0 amide bonds. The third kappa shape index (κ3) is 6.13. The van der Waals surface area contributed by atoms with Gasteiger partial charge in [-0.1, -0.05) is 164 Å². The molecule has 0 N–H and O–H groups in total. The Hall–Kier alpha value is -8.48. The summed E-state index contributed by atoms with van der Waals surface area (Å²) < 4.78 is 13.0. The van der Waals surface area contributed by atoms with Crippen molar-refractivity contribution in [2.45, 2.75) is 0 Å². The molecule has 0 saturated heterocycles. The van der Waals surface area contributed by atoms with E-state index in [1.165, 1.54) is 0 Å². The van der Waals surface area contributed by atoms with Gasteiger partial charge >= 0.3 is 0 Å². The molecule has 0 aliphatic rings. The zero-order valence-electron chi connectivity index (χ0n) is 33.2. The predicted octanol–water partition coefficient (Wildman–Crippen LogP) is 14.7. The molecule has 0 radical (unpaired) electrons. The molecule has 0 spiro atoms. The van der Waals surface area contributed by atoms with Gasteiger partial charge in [0, 0.05) is 67.3 Å². The zero-order chi connectivity index (χ0) is 41.0. The van der Waals surface area contributed by atoms with Crippen LogP contribution in [0.5, 0.6) is 0 Å². The summed E-state index contributed by atoms with van der Waals surface area (Å²) in [6.45, 7) is 0. The molecule has 4 heterocycles. The third-order valence-corrected chi connectivity index (χ3v) is 11.7. The van der Waals surface area contributed by atoms with E-state index >= 15 is 0 Å². The van der Waals surface area contributed by atoms with Crippen molar-refractivity contribution >= 4 is 43.9 Å². The van der Waals surface area contributed by atoms with Crippen molar-refractivity contribution in [2.24, 2.45) is 0 Å². The minimum absolute atomic E-state index is 0.636. The Bertz CT molecular complexity index is 3600. The fraction of sp³-hybridized carbons (Fsp3) is 0. The van der Waals surface area contributed by atoms with Gasteiger partial charge in [0.1, 0.15) is 22.3 Å². The Balaban J connectivity index is 0.922. The summed E-state index contributed by atoms with van der Waals surface area (Å²) in [5.41, 5.74) is 15.3. The second-order valence-electron chi connectivity index (χ2n) is 15.4. The molecule has 0 aliphatic carbocycles. The van der Waals surface area contributed by atoms with Crippen LogP contribution in [0.1, 0.15) is 0 Å². The third-order valence-electron chi connectivity index (χ3n) is 11.7. The normalized spacial score (nSPS) is 11.5. The van der Waals surface area contributed by atoms with E-state index < -0.39 is 0 Å². The van der Waals surface area contributed by atoms with Crippen LogP contribution in [0.25, 0.3) is 123 Å². The van der Waals surface area contributed by atoms with Crippen LogP contribution in [-0.4, -0.2) is 19.9 Å². The molecule has 6 nitrogen and oxygen atoms in total. The van der Waals surface area contributed by atoms with E-state index in [1.807, 2.05) is 103 Å². The summed E-state index contributed by atoms with van der Waals surface area (Å²) in [7, 11) is 0. The molecular weight excluding hydrogens is 761 g/mol. The summed E-state index contributed by atoms with van der Waals surface area (Å²) in [4.78, 5) is 19.6. The zero-order valence-corrected chi connectivity index (χ0v) is 33.2. The highest BCUT2D eigenvalue weighted by Gasteiger charge is 2.21. The average Bonchev–Trinajstić information content (AvgIpc) is 3.94. The van der Waals surface area contributed by atoms with Crippen molar-refractivity contribution in [3.63, 3.8) is 0 Å². The van der Waals surface area contributed by atoms with Crippen LogP contribution in [0.3, 0.4) is 0 Å². The van der Waals surface area contributed by atoms with Crippen LogP contribution < -0.4 is 0 Å². The summed E-state index contributed by atoms with van der Waals surface area (Å²) in [6.07, 6.45) is 3.74. The molecular formula is C56H34N4O2. The van der Waals surface area contributed by atoms with Gasteiger partial charge in [0.25, 0.3) is 0 Å². The van der Waals surface area contributed by atoms with Crippen molar-refractivity contribution in [3.05, 3.63) is 207 Å². The maximum absolute atomic E-state index is 6.73. The van der Waals surface area contributed by atoms with Crippen LogP contribution >= 0.6 is 0 Å². The number of rotatable bonds is 7. The van der Waals surface area contributed by atoms with Gasteiger partial charge in [0.15, 0.2) is 11.6 Å². The van der Waals surface area contributed by atoms with Crippen molar-refractivity contribution < 1.29 is 8.83 Å². The van der Waals surface area contributed by atoms with Crippen molar-refractivity contribution in [1.82, 2.24) is 19.9 Å². The summed E-state index contributed by atoms with van der Waals surface area (Å²) in [6, 6.07) is 66.4. The number of hydrogen-bond donors (Lipinski definition) is 0. The molecule has 62 heavy (non-hydrogen) atoms. The van der Waals surface area contributed by atoms with Crippen molar-refractivity contribution in [2.75, 3.05) is 0 Å². The Labute approximate surface area is 356 Å². The smallest absolute Gasteiger partial charge is 0.160 e. The molecule has 8 aromatic carbocycles. The minimum atomic E-state index is 0.636. The first kappa shape index (κ1) is 35.5. The topological polar surface area (TPSA) is 77.8 Å².